The number of nitrogens with one attached hydrogen (secondary N) is 1. The SMILES string of the molecule is O=C(NCCC1=CCCCC1)C1(c2cccs2)CCOCC1. The largest absolute Gasteiger partial charge is 0.381 e. The Morgan fingerprint density at radius 2 is 2.18 bits per heavy atom. The van der Waals surface area contributed by atoms with Gasteiger partial charge in [-0.05, 0) is 56.4 Å². The molecule has 0 atom stereocenters. The normalized spacial score (nSPS) is 21.2. The van der Waals surface area contributed by atoms with Crippen LogP contribution in [0.3, 0.4) is 0 Å². The molecule has 4 heteroatoms. The van der Waals surface area contributed by atoms with Crippen LogP contribution in [0.1, 0.15) is 49.8 Å². The van der Waals surface area contributed by atoms with Gasteiger partial charge >= 0.3 is 0 Å². The first-order valence-corrected chi connectivity index (χ1v) is 9.27. The quantitative estimate of drug-likeness (QED) is 0.838. The summed E-state index contributed by atoms with van der Waals surface area (Å²) < 4.78 is 5.49. The van der Waals surface area contributed by atoms with Gasteiger partial charge in [0, 0.05) is 24.6 Å². The minimum Gasteiger partial charge on any atom is -0.381 e. The molecule has 0 bridgehead atoms. The van der Waals surface area contributed by atoms with Gasteiger partial charge < -0.3 is 10.1 Å². The topological polar surface area (TPSA) is 38.3 Å². The van der Waals surface area contributed by atoms with Crippen molar-refractivity contribution in [1.82, 2.24) is 5.32 Å². The molecule has 1 saturated heterocycles. The molecule has 1 amide bonds. The molecule has 0 aromatic carbocycles. The number of hydrogen-bond donors (Lipinski definition) is 1. The fourth-order valence-electron chi connectivity index (χ4n) is 3.49. The van der Waals surface area contributed by atoms with E-state index in [4.69, 9.17) is 4.74 Å². The fourth-order valence-corrected chi connectivity index (χ4v) is 4.48. The third-order valence-electron chi connectivity index (χ3n) is 4.89. The zero-order chi connectivity index (χ0) is 15.3. The molecule has 2 aliphatic rings. The molecule has 1 aromatic rings. The van der Waals surface area contributed by atoms with Gasteiger partial charge in [0.05, 0.1) is 5.41 Å². The van der Waals surface area contributed by atoms with E-state index in [1.807, 2.05) is 6.07 Å². The van der Waals surface area contributed by atoms with E-state index in [1.165, 1.54) is 36.1 Å². The Kier molecular flexibility index (Phi) is 5.32. The number of hydrogen-bond acceptors (Lipinski definition) is 3. The van der Waals surface area contributed by atoms with Crippen LogP contribution >= 0.6 is 11.3 Å². The van der Waals surface area contributed by atoms with Crippen molar-refractivity contribution in [3.8, 4) is 0 Å². The zero-order valence-corrected chi connectivity index (χ0v) is 13.9. The number of carbonyl (C=O) groups is 1. The molecular formula is C18H25NO2S. The molecule has 1 aromatic heterocycles. The Balaban J connectivity index is 1.61. The Morgan fingerprint density at radius 3 is 2.86 bits per heavy atom. The lowest BCUT2D eigenvalue weighted by Crippen LogP contribution is -2.47. The second kappa shape index (κ2) is 7.42. The smallest absolute Gasteiger partial charge is 0.231 e. The van der Waals surface area contributed by atoms with E-state index < -0.39 is 0 Å². The number of amides is 1. The molecule has 0 saturated carbocycles. The van der Waals surface area contributed by atoms with Crippen molar-refractivity contribution < 1.29 is 9.53 Å². The lowest BCUT2D eigenvalue weighted by Gasteiger charge is -2.35. The highest BCUT2D eigenvalue weighted by molar-refractivity contribution is 7.10. The molecule has 120 valence electrons. The van der Waals surface area contributed by atoms with Crippen molar-refractivity contribution in [3.63, 3.8) is 0 Å². The highest BCUT2D eigenvalue weighted by Crippen LogP contribution is 2.37. The molecule has 0 radical (unpaired) electrons. The van der Waals surface area contributed by atoms with E-state index in [-0.39, 0.29) is 11.3 Å². The third-order valence-corrected chi connectivity index (χ3v) is 5.96. The van der Waals surface area contributed by atoms with Crippen LogP contribution in [-0.4, -0.2) is 25.7 Å². The Morgan fingerprint density at radius 1 is 1.32 bits per heavy atom. The summed E-state index contributed by atoms with van der Waals surface area (Å²) in [6, 6.07) is 4.14. The Labute approximate surface area is 136 Å². The molecule has 2 heterocycles. The maximum atomic E-state index is 12.9. The molecule has 1 aliphatic heterocycles. The molecule has 3 rings (SSSR count). The van der Waals surface area contributed by atoms with Crippen molar-refractivity contribution >= 4 is 17.2 Å². The van der Waals surface area contributed by atoms with E-state index in [0.717, 1.165) is 25.8 Å². The van der Waals surface area contributed by atoms with Gasteiger partial charge in [0.25, 0.3) is 0 Å². The van der Waals surface area contributed by atoms with Gasteiger partial charge in [-0.25, -0.2) is 0 Å². The number of allylic oxidation sites excluding steroid dienone is 1. The van der Waals surface area contributed by atoms with Gasteiger partial charge in [-0.2, -0.15) is 0 Å². The first-order chi connectivity index (χ1) is 10.8. The summed E-state index contributed by atoms with van der Waals surface area (Å²) in [5.41, 5.74) is 1.15. The predicted octanol–water partition coefficient (Wildman–Crippen LogP) is 3.80. The molecule has 3 nitrogen and oxygen atoms in total. The molecule has 1 fully saturated rings. The summed E-state index contributed by atoms with van der Waals surface area (Å²) in [5, 5.41) is 5.26. The highest BCUT2D eigenvalue weighted by Gasteiger charge is 2.42. The average molecular weight is 319 g/mol. The lowest BCUT2D eigenvalue weighted by molar-refractivity contribution is -0.130. The fraction of sp³-hybridized carbons (Fsp3) is 0.611. The summed E-state index contributed by atoms with van der Waals surface area (Å²) in [6.45, 7) is 2.12. The summed E-state index contributed by atoms with van der Waals surface area (Å²) in [5.74, 6) is 0.189. The van der Waals surface area contributed by atoms with Crippen LogP contribution in [0.25, 0.3) is 0 Å². The summed E-state index contributed by atoms with van der Waals surface area (Å²) in [7, 11) is 0. The highest BCUT2D eigenvalue weighted by atomic mass is 32.1. The zero-order valence-electron chi connectivity index (χ0n) is 13.1. The molecule has 1 N–H and O–H groups in total. The lowest BCUT2D eigenvalue weighted by atomic mass is 9.78. The average Bonchev–Trinajstić information content (AvgIpc) is 3.11. The minimum atomic E-state index is -0.368. The minimum absolute atomic E-state index is 0.189. The van der Waals surface area contributed by atoms with Gasteiger partial charge in [-0.3, -0.25) is 4.79 Å². The van der Waals surface area contributed by atoms with E-state index >= 15 is 0 Å². The predicted molar refractivity (Wildman–Crippen MR) is 90.2 cm³/mol. The van der Waals surface area contributed by atoms with Gasteiger partial charge in [0.1, 0.15) is 0 Å². The van der Waals surface area contributed by atoms with Crippen molar-refractivity contribution in [2.24, 2.45) is 0 Å². The van der Waals surface area contributed by atoms with Crippen LogP contribution in [0.2, 0.25) is 0 Å². The Bertz CT molecular complexity index is 515. The standard InChI is InChI=1S/C18H25NO2S/c20-17(19-11-8-15-5-2-1-3-6-15)18(9-12-21-13-10-18)16-7-4-14-22-16/h4-5,7,14H,1-3,6,8-13H2,(H,19,20). The first kappa shape index (κ1) is 15.8. The molecule has 0 spiro atoms. The van der Waals surface area contributed by atoms with Gasteiger partial charge in [-0.15, -0.1) is 11.3 Å². The van der Waals surface area contributed by atoms with Crippen LogP contribution < -0.4 is 5.32 Å². The van der Waals surface area contributed by atoms with E-state index in [9.17, 15) is 4.79 Å². The van der Waals surface area contributed by atoms with Crippen molar-refractivity contribution in [3.05, 3.63) is 34.0 Å². The van der Waals surface area contributed by atoms with Gasteiger partial charge in [0.15, 0.2) is 0 Å². The van der Waals surface area contributed by atoms with Crippen LogP contribution in [0.5, 0.6) is 0 Å². The van der Waals surface area contributed by atoms with Gasteiger partial charge in [-0.1, -0.05) is 17.7 Å². The van der Waals surface area contributed by atoms with Gasteiger partial charge in [0.2, 0.25) is 5.91 Å². The van der Waals surface area contributed by atoms with Crippen molar-refractivity contribution in [1.29, 1.82) is 0 Å². The van der Waals surface area contributed by atoms with Crippen LogP contribution in [-0.2, 0) is 14.9 Å². The monoisotopic (exact) mass is 319 g/mol. The second-order valence-electron chi connectivity index (χ2n) is 6.29. The van der Waals surface area contributed by atoms with E-state index in [1.54, 1.807) is 11.3 Å². The van der Waals surface area contributed by atoms with E-state index in [2.05, 4.69) is 22.8 Å². The summed E-state index contributed by atoms with van der Waals surface area (Å²) >= 11 is 1.69. The first-order valence-electron chi connectivity index (χ1n) is 8.39. The molecule has 1 aliphatic carbocycles. The molecule has 0 unspecified atom stereocenters. The number of thiophene rings is 1. The van der Waals surface area contributed by atoms with Crippen LogP contribution in [0.4, 0.5) is 0 Å². The summed E-state index contributed by atoms with van der Waals surface area (Å²) in [4.78, 5) is 14.1. The number of carbonyl (C=O) groups excluding carboxylic acids is 1. The number of rotatable bonds is 5. The van der Waals surface area contributed by atoms with Crippen LogP contribution in [0, 0.1) is 0 Å². The summed E-state index contributed by atoms with van der Waals surface area (Å²) in [6.07, 6.45) is 9.99. The maximum Gasteiger partial charge on any atom is 0.231 e. The van der Waals surface area contributed by atoms with E-state index in [0.29, 0.717) is 13.2 Å². The van der Waals surface area contributed by atoms with Crippen molar-refractivity contribution in [2.45, 2.75) is 50.4 Å². The third kappa shape index (κ3) is 3.44. The van der Waals surface area contributed by atoms with Crippen molar-refractivity contribution in [2.75, 3.05) is 19.8 Å². The van der Waals surface area contributed by atoms with Crippen LogP contribution in [0.15, 0.2) is 29.2 Å². The maximum absolute atomic E-state index is 12.9. The Hall–Kier alpha value is -1.13. The second-order valence-corrected chi connectivity index (χ2v) is 7.23. The molecular weight excluding hydrogens is 294 g/mol. The molecule has 22 heavy (non-hydrogen) atoms. The number of ether oxygens (including phenoxy) is 1.